The fraction of sp³-hybridized carbons (Fsp3) is 0.318. The molecule has 0 atom stereocenters. The lowest BCUT2D eigenvalue weighted by atomic mass is 10.1. The van der Waals surface area contributed by atoms with Crippen LogP contribution in [0.1, 0.15) is 47.2 Å². The molecular formula is C22H26N6O3. The molecule has 0 aliphatic carbocycles. The van der Waals surface area contributed by atoms with Gasteiger partial charge < -0.3 is 15.0 Å². The van der Waals surface area contributed by atoms with Crippen LogP contribution in [0.2, 0.25) is 0 Å². The van der Waals surface area contributed by atoms with Crippen molar-refractivity contribution < 1.29 is 14.3 Å². The van der Waals surface area contributed by atoms with Crippen LogP contribution >= 0.6 is 0 Å². The monoisotopic (exact) mass is 422 g/mol. The molecule has 3 rings (SSSR count). The Morgan fingerprint density at radius 3 is 2.32 bits per heavy atom. The van der Waals surface area contributed by atoms with E-state index >= 15 is 0 Å². The quantitative estimate of drug-likeness (QED) is 0.598. The van der Waals surface area contributed by atoms with E-state index in [9.17, 15) is 9.59 Å². The summed E-state index contributed by atoms with van der Waals surface area (Å²) >= 11 is 0. The molecule has 0 spiro atoms. The van der Waals surface area contributed by atoms with Crippen LogP contribution in [0.15, 0.2) is 42.6 Å². The minimum atomic E-state index is -0.300. The van der Waals surface area contributed by atoms with E-state index in [-0.39, 0.29) is 11.8 Å². The summed E-state index contributed by atoms with van der Waals surface area (Å²) in [4.78, 5) is 26.9. The number of hydrogen-bond acceptors (Lipinski definition) is 6. The first-order valence-corrected chi connectivity index (χ1v) is 10.2. The molecule has 162 valence electrons. The van der Waals surface area contributed by atoms with Gasteiger partial charge in [0.25, 0.3) is 11.8 Å². The van der Waals surface area contributed by atoms with Crippen molar-refractivity contribution in [3.05, 3.63) is 59.4 Å². The Hall–Kier alpha value is -3.75. The highest BCUT2D eigenvalue weighted by atomic mass is 16.5. The molecule has 0 radical (unpaired) electrons. The Kier molecular flexibility index (Phi) is 6.96. The molecule has 2 amide bonds. The van der Waals surface area contributed by atoms with Gasteiger partial charge in [-0.3, -0.25) is 9.59 Å². The second-order valence-electron chi connectivity index (χ2n) is 6.73. The maximum Gasteiger partial charge on any atom is 0.259 e. The summed E-state index contributed by atoms with van der Waals surface area (Å²) in [7, 11) is 0. The van der Waals surface area contributed by atoms with Crippen LogP contribution in [-0.4, -0.2) is 56.4 Å². The number of carbonyl (C=O) groups excluding carboxylic acids is 2. The molecule has 9 nitrogen and oxygen atoms in total. The molecule has 2 heterocycles. The third kappa shape index (κ3) is 4.88. The largest absolute Gasteiger partial charge is 0.477 e. The fourth-order valence-electron chi connectivity index (χ4n) is 3.10. The number of hydrogen-bond donors (Lipinski definition) is 1. The number of carbonyl (C=O) groups is 2. The molecule has 1 aromatic carbocycles. The second-order valence-corrected chi connectivity index (χ2v) is 6.73. The van der Waals surface area contributed by atoms with Gasteiger partial charge >= 0.3 is 0 Å². The van der Waals surface area contributed by atoms with Crippen LogP contribution in [-0.2, 0) is 0 Å². The van der Waals surface area contributed by atoms with Crippen LogP contribution in [0.3, 0.4) is 0 Å². The lowest BCUT2D eigenvalue weighted by Gasteiger charge is -2.18. The lowest BCUT2D eigenvalue weighted by molar-refractivity contribution is 0.0773. The van der Waals surface area contributed by atoms with Crippen LogP contribution in [0.25, 0.3) is 5.82 Å². The summed E-state index contributed by atoms with van der Waals surface area (Å²) in [5.41, 5.74) is 2.22. The van der Waals surface area contributed by atoms with Gasteiger partial charge in [0.1, 0.15) is 0 Å². The fourth-order valence-corrected chi connectivity index (χ4v) is 3.10. The van der Waals surface area contributed by atoms with Crippen molar-refractivity contribution in [2.24, 2.45) is 0 Å². The summed E-state index contributed by atoms with van der Waals surface area (Å²) in [5.74, 6) is 0.582. The number of nitrogens with one attached hydrogen (secondary N) is 1. The first kappa shape index (κ1) is 21.9. The first-order valence-electron chi connectivity index (χ1n) is 10.2. The van der Waals surface area contributed by atoms with E-state index in [0.29, 0.717) is 53.9 Å². The highest BCUT2D eigenvalue weighted by Gasteiger charge is 2.17. The molecule has 2 aromatic heterocycles. The Labute approximate surface area is 181 Å². The summed E-state index contributed by atoms with van der Waals surface area (Å²) in [6.45, 7) is 9.34. The number of anilines is 1. The number of benzene rings is 1. The highest BCUT2D eigenvalue weighted by Crippen LogP contribution is 2.17. The number of ether oxygens (including phenoxy) is 1. The van der Waals surface area contributed by atoms with Crippen molar-refractivity contribution >= 4 is 17.5 Å². The minimum Gasteiger partial charge on any atom is -0.477 e. The maximum absolute atomic E-state index is 12.7. The van der Waals surface area contributed by atoms with Crippen LogP contribution < -0.4 is 10.1 Å². The van der Waals surface area contributed by atoms with Crippen molar-refractivity contribution in [3.63, 3.8) is 0 Å². The predicted molar refractivity (Wildman–Crippen MR) is 117 cm³/mol. The third-order valence-corrected chi connectivity index (χ3v) is 4.83. The van der Waals surface area contributed by atoms with E-state index in [0.717, 1.165) is 0 Å². The molecule has 0 bridgehead atoms. The molecule has 1 N–H and O–H groups in total. The van der Waals surface area contributed by atoms with Crippen molar-refractivity contribution in [2.75, 3.05) is 25.0 Å². The smallest absolute Gasteiger partial charge is 0.259 e. The molecule has 0 saturated heterocycles. The molecule has 3 aromatic rings. The molecule has 0 aliphatic heterocycles. The van der Waals surface area contributed by atoms with Crippen molar-refractivity contribution in [1.29, 1.82) is 0 Å². The van der Waals surface area contributed by atoms with E-state index in [1.165, 1.54) is 6.20 Å². The average molecular weight is 422 g/mol. The maximum atomic E-state index is 12.7. The van der Waals surface area contributed by atoms with E-state index in [1.54, 1.807) is 52.9 Å². The Morgan fingerprint density at radius 2 is 1.74 bits per heavy atom. The van der Waals surface area contributed by atoms with E-state index in [4.69, 9.17) is 4.74 Å². The average Bonchev–Trinajstić information content (AvgIpc) is 3.17. The molecule has 0 unspecified atom stereocenters. The van der Waals surface area contributed by atoms with Gasteiger partial charge in [-0.25, -0.2) is 4.68 Å². The van der Waals surface area contributed by atoms with Gasteiger partial charge in [0, 0.05) is 30.4 Å². The van der Waals surface area contributed by atoms with Crippen LogP contribution in [0, 0.1) is 6.92 Å². The Bertz CT molecular complexity index is 1040. The number of aromatic nitrogens is 4. The normalized spacial score (nSPS) is 10.6. The SMILES string of the molecule is CCOc1ccc(-n2ncc(C(=O)Nc3ccc(C(=O)N(CC)CC)cc3)c2C)nn1. The van der Waals surface area contributed by atoms with Gasteiger partial charge in [-0.1, -0.05) is 0 Å². The predicted octanol–water partition coefficient (Wildman–Crippen LogP) is 3.10. The van der Waals surface area contributed by atoms with Gasteiger partial charge in [0.2, 0.25) is 5.88 Å². The van der Waals surface area contributed by atoms with Crippen LogP contribution in [0.5, 0.6) is 5.88 Å². The standard InChI is InChI=1S/C22H26N6O3/c1-5-27(6-2)22(30)16-8-10-17(11-9-16)24-21(29)18-14-23-28(15(18)4)19-12-13-20(26-25-19)31-7-3/h8-14H,5-7H2,1-4H3,(H,24,29). The van der Waals surface area contributed by atoms with Crippen LogP contribution in [0.4, 0.5) is 5.69 Å². The van der Waals surface area contributed by atoms with Gasteiger partial charge in [0.05, 0.1) is 24.1 Å². The molecule has 0 fully saturated rings. The summed E-state index contributed by atoms with van der Waals surface area (Å²) in [6.07, 6.45) is 1.49. The highest BCUT2D eigenvalue weighted by molar-refractivity contribution is 6.05. The second kappa shape index (κ2) is 9.84. The topological polar surface area (TPSA) is 102 Å². The van der Waals surface area contributed by atoms with Gasteiger partial charge in [-0.05, 0) is 58.0 Å². The van der Waals surface area contributed by atoms with E-state index in [1.807, 2.05) is 20.8 Å². The Balaban J connectivity index is 1.72. The first-order chi connectivity index (χ1) is 15.0. The zero-order valence-corrected chi connectivity index (χ0v) is 18.1. The van der Waals surface area contributed by atoms with E-state index < -0.39 is 0 Å². The minimum absolute atomic E-state index is 0.0311. The zero-order chi connectivity index (χ0) is 22.4. The van der Waals surface area contributed by atoms with Gasteiger partial charge in [-0.2, -0.15) is 5.10 Å². The van der Waals surface area contributed by atoms with Gasteiger partial charge in [0.15, 0.2) is 5.82 Å². The molecule has 0 aliphatic rings. The number of nitrogens with zero attached hydrogens (tertiary/aromatic N) is 5. The summed E-state index contributed by atoms with van der Waals surface area (Å²) in [5, 5.41) is 15.2. The summed E-state index contributed by atoms with van der Waals surface area (Å²) in [6, 6.07) is 10.3. The Morgan fingerprint density at radius 1 is 1.03 bits per heavy atom. The van der Waals surface area contributed by atoms with Crippen molar-refractivity contribution in [2.45, 2.75) is 27.7 Å². The van der Waals surface area contributed by atoms with E-state index in [2.05, 4.69) is 20.6 Å². The molecule has 31 heavy (non-hydrogen) atoms. The van der Waals surface area contributed by atoms with Crippen molar-refractivity contribution in [3.8, 4) is 11.7 Å². The molecule has 9 heteroatoms. The third-order valence-electron chi connectivity index (χ3n) is 4.83. The number of rotatable bonds is 8. The molecule has 0 saturated carbocycles. The molecular weight excluding hydrogens is 396 g/mol. The van der Waals surface area contributed by atoms with Gasteiger partial charge in [-0.15, -0.1) is 10.2 Å². The zero-order valence-electron chi connectivity index (χ0n) is 18.1. The lowest BCUT2D eigenvalue weighted by Crippen LogP contribution is -2.30. The summed E-state index contributed by atoms with van der Waals surface area (Å²) < 4.78 is 6.84. The number of amides is 2. The van der Waals surface area contributed by atoms with Crippen molar-refractivity contribution in [1.82, 2.24) is 24.9 Å².